The van der Waals surface area contributed by atoms with Crippen LogP contribution in [-0.2, 0) is 11.3 Å². The molecular weight excluding hydrogens is 510 g/mol. The second kappa shape index (κ2) is 11.3. The summed E-state index contributed by atoms with van der Waals surface area (Å²) in [5, 5.41) is 8.42. The first-order chi connectivity index (χ1) is 16.9. The maximum atomic E-state index is 12.5. The van der Waals surface area contributed by atoms with E-state index in [4.69, 9.17) is 4.74 Å². The maximum Gasteiger partial charge on any atom is 0.411 e. The molecule has 0 saturated carbocycles. The lowest BCUT2D eigenvalue weighted by Gasteiger charge is -2.11. The molecule has 1 amide bonds. The number of nitrogens with zero attached hydrogens (tertiary/aromatic N) is 4. The summed E-state index contributed by atoms with van der Waals surface area (Å²) in [6, 6.07) is 18.6. The van der Waals surface area contributed by atoms with Crippen molar-refractivity contribution < 1.29 is 9.53 Å². The van der Waals surface area contributed by atoms with Crippen LogP contribution in [0, 0.1) is 0 Å². The summed E-state index contributed by atoms with van der Waals surface area (Å²) in [6.07, 6.45) is 3.22. The van der Waals surface area contributed by atoms with Gasteiger partial charge in [-0.25, -0.2) is 9.48 Å². The Morgan fingerprint density at radius 1 is 1.09 bits per heavy atom. The van der Waals surface area contributed by atoms with Crippen LogP contribution in [-0.4, -0.2) is 52.6 Å². The van der Waals surface area contributed by atoms with Gasteiger partial charge in [-0.2, -0.15) is 5.10 Å². The van der Waals surface area contributed by atoms with Gasteiger partial charge in [-0.3, -0.25) is 14.7 Å². The number of halogens is 1. The molecule has 4 aromatic rings. The molecule has 2 aromatic heterocycles. The number of rotatable bonds is 9. The van der Waals surface area contributed by atoms with Gasteiger partial charge in [0.2, 0.25) is 0 Å². The number of nitrogens with one attached hydrogen (secondary N) is 1. The number of anilines is 1. The van der Waals surface area contributed by atoms with Gasteiger partial charge >= 0.3 is 6.09 Å². The molecule has 0 fully saturated rings. The number of hydrogen-bond donors (Lipinski definition) is 1. The molecule has 2 aromatic carbocycles. The highest BCUT2D eigenvalue weighted by molar-refractivity contribution is 9.10. The minimum atomic E-state index is -0.491. The van der Waals surface area contributed by atoms with Crippen LogP contribution in [0.5, 0.6) is 0 Å². The average Bonchev–Trinajstić information content (AvgIpc) is 3.23. The third-order valence-corrected chi connectivity index (χ3v) is 5.99. The first-order valence-electron chi connectivity index (χ1n) is 11.4. The smallest absolute Gasteiger partial charge is 0.411 e. The summed E-state index contributed by atoms with van der Waals surface area (Å²) in [6.45, 7) is 1.60. The first-order valence-corrected chi connectivity index (χ1v) is 12.2. The standard InChI is InChI=1S/C26H28BrN5O3/c1-30(2)13-3-4-15-35-26(34)28-22-7-5-6-19(16-22)18-32-25(33)11-10-24(29-32)31-14-12-20-8-9-21(27)17-23(20)31/h5-12,14,16-17H,3-4,13,15,18H2,1-2H3,(H,28,34). The van der Waals surface area contributed by atoms with Gasteiger partial charge in [0.15, 0.2) is 5.82 Å². The van der Waals surface area contributed by atoms with Gasteiger partial charge in [0.1, 0.15) is 0 Å². The Hall–Kier alpha value is -3.43. The molecule has 4 rings (SSSR count). The molecule has 0 unspecified atom stereocenters. The van der Waals surface area contributed by atoms with Gasteiger partial charge in [-0.05, 0) is 75.4 Å². The second-order valence-corrected chi connectivity index (χ2v) is 9.46. The van der Waals surface area contributed by atoms with Crippen LogP contribution in [0.25, 0.3) is 16.7 Å². The van der Waals surface area contributed by atoms with Crippen LogP contribution in [0.1, 0.15) is 18.4 Å². The minimum absolute atomic E-state index is 0.207. The van der Waals surface area contributed by atoms with Gasteiger partial charge in [0.25, 0.3) is 5.56 Å². The number of amides is 1. The average molecular weight is 538 g/mol. The van der Waals surface area contributed by atoms with Crippen molar-refractivity contribution in [3.05, 3.63) is 87.3 Å². The number of aromatic nitrogens is 3. The van der Waals surface area contributed by atoms with Crippen molar-refractivity contribution in [3.63, 3.8) is 0 Å². The zero-order chi connectivity index (χ0) is 24.8. The Morgan fingerprint density at radius 2 is 1.94 bits per heavy atom. The number of unbranched alkanes of at least 4 members (excludes halogenated alkanes) is 1. The fourth-order valence-corrected chi connectivity index (χ4v) is 4.10. The molecule has 0 radical (unpaired) electrons. The van der Waals surface area contributed by atoms with E-state index in [9.17, 15) is 9.59 Å². The van der Waals surface area contributed by atoms with Crippen LogP contribution in [0.2, 0.25) is 0 Å². The molecule has 0 saturated heterocycles. The summed E-state index contributed by atoms with van der Waals surface area (Å²) in [4.78, 5) is 26.8. The van der Waals surface area contributed by atoms with Gasteiger partial charge < -0.3 is 9.64 Å². The second-order valence-electron chi connectivity index (χ2n) is 8.55. The molecule has 8 nitrogen and oxygen atoms in total. The Balaban J connectivity index is 1.44. The van der Waals surface area contributed by atoms with Crippen molar-refractivity contribution in [2.45, 2.75) is 19.4 Å². The van der Waals surface area contributed by atoms with Crippen LogP contribution >= 0.6 is 15.9 Å². The normalized spacial score (nSPS) is 11.2. The monoisotopic (exact) mass is 537 g/mol. The maximum absolute atomic E-state index is 12.5. The van der Waals surface area contributed by atoms with E-state index >= 15 is 0 Å². The molecule has 2 heterocycles. The zero-order valence-corrected chi connectivity index (χ0v) is 21.4. The van der Waals surface area contributed by atoms with Crippen molar-refractivity contribution in [2.75, 3.05) is 32.6 Å². The lowest BCUT2D eigenvalue weighted by Crippen LogP contribution is -2.24. The fourth-order valence-electron chi connectivity index (χ4n) is 3.75. The summed E-state index contributed by atoms with van der Waals surface area (Å²) < 4.78 is 9.60. The summed E-state index contributed by atoms with van der Waals surface area (Å²) in [5.41, 5.74) is 2.22. The highest BCUT2D eigenvalue weighted by Gasteiger charge is 2.09. The van der Waals surface area contributed by atoms with Crippen LogP contribution in [0.3, 0.4) is 0 Å². The van der Waals surface area contributed by atoms with Crippen molar-refractivity contribution in [2.24, 2.45) is 0 Å². The molecule has 9 heteroatoms. The number of ether oxygens (including phenoxy) is 1. The predicted molar refractivity (Wildman–Crippen MR) is 141 cm³/mol. The van der Waals surface area contributed by atoms with Crippen LogP contribution < -0.4 is 10.9 Å². The number of fused-ring (bicyclic) bond motifs is 1. The Kier molecular flexibility index (Phi) is 7.99. The van der Waals surface area contributed by atoms with Gasteiger partial charge in [-0.15, -0.1) is 0 Å². The Labute approximate surface area is 212 Å². The molecular formula is C26H28BrN5O3. The fraction of sp³-hybridized carbons (Fsp3) is 0.269. The molecule has 0 aliphatic carbocycles. The number of carbonyl (C=O) groups excluding carboxylic acids is 1. The van der Waals surface area contributed by atoms with E-state index in [-0.39, 0.29) is 12.1 Å². The molecule has 0 atom stereocenters. The largest absolute Gasteiger partial charge is 0.449 e. The zero-order valence-electron chi connectivity index (χ0n) is 19.8. The molecule has 35 heavy (non-hydrogen) atoms. The molecule has 0 bridgehead atoms. The SMILES string of the molecule is CN(C)CCCCOC(=O)Nc1cccc(Cn2nc(-n3ccc4ccc(Br)cc43)ccc2=O)c1. The molecule has 0 aliphatic heterocycles. The highest BCUT2D eigenvalue weighted by Crippen LogP contribution is 2.23. The molecule has 182 valence electrons. The van der Waals surface area contributed by atoms with E-state index < -0.39 is 6.09 Å². The first kappa shape index (κ1) is 24.7. The summed E-state index contributed by atoms with van der Waals surface area (Å²) in [5.74, 6) is 0.643. The van der Waals surface area contributed by atoms with E-state index in [1.165, 1.54) is 10.7 Å². The third-order valence-electron chi connectivity index (χ3n) is 5.49. The molecule has 1 N–H and O–H groups in total. The van der Waals surface area contributed by atoms with Crippen molar-refractivity contribution in [1.82, 2.24) is 19.2 Å². The highest BCUT2D eigenvalue weighted by atomic mass is 79.9. The van der Waals surface area contributed by atoms with Crippen molar-refractivity contribution >= 4 is 38.6 Å². The summed E-state index contributed by atoms with van der Waals surface area (Å²) in [7, 11) is 4.03. The van der Waals surface area contributed by atoms with Gasteiger partial charge in [-0.1, -0.05) is 34.1 Å². The number of benzene rings is 2. The minimum Gasteiger partial charge on any atom is -0.449 e. The lowest BCUT2D eigenvalue weighted by atomic mass is 10.2. The van der Waals surface area contributed by atoms with Crippen LogP contribution in [0.4, 0.5) is 10.5 Å². The van der Waals surface area contributed by atoms with E-state index in [2.05, 4.69) is 31.2 Å². The van der Waals surface area contributed by atoms with Crippen LogP contribution in [0.15, 0.2) is 76.1 Å². The van der Waals surface area contributed by atoms with E-state index in [0.717, 1.165) is 40.3 Å². The van der Waals surface area contributed by atoms with Crippen molar-refractivity contribution in [3.8, 4) is 5.82 Å². The number of carbonyl (C=O) groups is 1. The Bertz CT molecular complexity index is 1380. The van der Waals surface area contributed by atoms with E-state index in [1.54, 1.807) is 12.1 Å². The molecule has 0 aliphatic rings. The summed E-state index contributed by atoms with van der Waals surface area (Å²) >= 11 is 3.51. The predicted octanol–water partition coefficient (Wildman–Crippen LogP) is 4.89. The van der Waals surface area contributed by atoms with Crippen molar-refractivity contribution in [1.29, 1.82) is 0 Å². The number of hydrogen-bond acceptors (Lipinski definition) is 5. The Morgan fingerprint density at radius 3 is 2.77 bits per heavy atom. The van der Waals surface area contributed by atoms with E-state index in [0.29, 0.717) is 18.1 Å². The van der Waals surface area contributed by atoms with E-state index in [1.807, 2.05) is 67.3 Å². The molecule has 0 spiro atoms. The van der Waals surface area contributed by atoms with Gasteiger partial charge in [0, 0.05) is 27.8 Å². The third kappa shape index (κ3) is 6.58. The lowest BCUT2D eigenvalue weighted by molar-refractivity contribution is 0.158. The quantitative estimate of drug-likeness (QED) is 0.307. The van der Waals surface area contributed by atoms with Gasteiger partial charge in [0.05, 0.1) is 18.7 Å². The topological polar surface area (TPSA) is 81.4 Å².